The minimum Gasteiger partial charge on any atom is -0.497 e. The molecule has 0 bridgehead atoms. The lowest BCUT2D eigenvalue weighted by Gasteiger charge is -2.08. The summed E-state index contributed by atoms with van der Waals surface area (Å²) in [6, 6.07) is 18.1. The summed E-state index contributed by atoms with van der Waals surface area (Å²) in [6.07, 6.45) is 5.77. The van der Waals surface area contributed by atoms with Crippen molar-refractivity contribution in [2.45, 2.75) is 0 Å². The van der Waals surface area contributed by atoms with Gasteiger partial charge in [0.15, 0.2) is 0 Å². The molecule has 0 aliphatic carbocycles. The van der Waals surface area contributed by atoms with Gasteiger partial charge in [0, 0.05) is 23.9 Å². The van der Waals surface area contributed by atoms with Crippen LogP contribution in [0.5, 0.6) is 11.5 Å². The normalized spacial score (nSPS) is 10.8. The van der Waals surface area contributed by atoms with E-state index >= 15 is 0 Å². The van der Waals surface area contributed by atoms with Crippen molar-refractivity contribution in [1.29, 1.82) is 0 Å². The fraction of sp³-hybridized carbons (Fsp3) is 0.0769. The third-order valence-electron chi connectivity index (χ3n) is 4.80. The fourth-order valence-electron chi connectivity index (χ4n) is 3.01. The first-order valence-electron chi connectivity index (χ1n) is 10.4. The molecule has 0 aliphatic rings. The van der Waals surface area contributed by atoms with Crippen molar-refractivity contribution < 1.29 is 24.0 Å². The van der Waals surface area contributed by atoms with E-state index in [0.717, 1.165) is 11.1 Å². The van der Waals surface area contributed by atoms with E-state index in [1.807, 2.05) is 0 Å². The van der Waals surface area contributed by atoms with Gasteiger partial charge in [-0.05, 0) is 59.7 Å². The predicted molar refractivity (Wildman–Crippen MR) is 134 cm³/mol. The molecule has 3 rings (SSSR count). The van der Waals surface area contributed by atoms with Gasteiger partial charge in [0.05, 0.1) is 19.1 Å². The van der Waals surface area contributed by atoms with E-state index in [-0.39, 0.29) is 17.1 Å². The Kier molecular flexibility index (Phi) is 8.33. The number of anilines is 2. The number of nitrogens with one attached hydrogen (secondary N) is 2. The number of amides is 2. The number of nitrogens with zero attached hydrogens (tertiary/aromatic N) is 1. The number of nitro benzene ring substituents is 1. The van der Waals surface area contributed by atoms with Crippen LogP contribution in [0.4, 0.5) is 17.1 Å². The molecule has 0 saturated carbocycles. The summed E-state index contributed by atoms with van der Waals surface area (Å²) in [5.74, 6) is 0.379. The molecule has 0 saturated heterocycles. The Morgan fingerprint density at radius 1 is 0.771 bits per heavy atom. The van der Waals surface area contributed by atoms with Crippen LogP contribution < -0.4 is 20.1 Å². The summed E-state index contributed by atoms with van der Waals surface area (Å²) in [4.78, 5) is 35.5. The van der Waals surface area contributed by atoms with Crippen LogP contribution in [0.3, 0.4) is 0 Å². The van der Waals surface area contributed by atoms with Gasteiger partial charge in [-0.1, -0.05) is 24.3 Å². The van der Waals surface area contributed by atoms with Crippen LogP contribution in [-0.4, -0.2) is 31.0 Å². The zero-order chi connectivity index (χ0) is 25.2. The van der Waals surface area contributed by atoms with Crippen LogP contribution >= 0.6 is 0 Å². The average Bonchev–Trinajstić information content (AvgIpc) is 2.87. The van der Waals surface area contributed by atoms with Gasteiger partial charge >= 0.3 is 0 Å². The third-order valence-corrected chi connectivity index (χ3v) is 4.80. The highest BCUT2D eigenvalue weighted by Crippen LogP contribution is 2.28. The maximum Gasteiger partial charge on any atom is 0.292 e. The van der Waals surface area contributed by atoms with Crippen LogP contribution in [0, 0.1) is 10.1 Å². The molecule has 0 atom stereocenters. The molecule has 0 radical (unpaired) electrons. The number of hydrogen-bond acceptors (Lipinski definition) is 6. The van der Waals surface area contributed by atoms with E-state index in [1.165, 1.54) is 30.4 Å². The molecule has 0 aromatic heterocycles. The molecule has 2 N–H and O–H groups in total. The number of methoxy groups -OCH3 is 2. The van der Waals surface area contributed by atoms with E-state index in [9.17, 15) is 19.7 Å². The Balaban J connectivity index is 1.69. The summed E-state index contributed by atoms with van der Waals surface area (Å²) in [5, 5.41) is 16.5. The average molecular weight is 473 g/mol. The summed E-state index contributed by atoms with van der Waals surface area (Å²) in [6.45, 7) is 0. The lowest BCUT2D eigenvalue weighted by Crippen LogP contribution is -2.12. The molecule has 178 valence electrons. The molecular weight excluding hydrogens is 450 g/mol. The summed E-state index contributed by atoms with van der Waals surface area (Å²) >= 11 is 0. The fourth-order valence-corrected chi connectivity index (χ4v) is 3.01. The van der Waals surface area contributed by atoms with Crippen molar-refractivity contribution in [3.63, 3.8) is 0 Å². The molecule has 9 heteroatoms. The topological polar surface area (TPSA) is 120 Å². The van der Waals surface area contributed by atoms with Crippen LogP contribution in [0.25, 0.3) is 12.2 Å². The lowest BCUT2D eigenvalue weighted by molar-refractivity contribution is -0.383. The minimum atomic E-state index is -0.613. The van der Waals surface area contributed by atoms with E-state index in [4.69, 9.17) is 9.47 Å². The van der Waals surface area contributed by atoms with E-state index in [0.29, 0.717) is 11.5 Å². The third kappa shape index (κ3) is 7.29. The molecule has 0 aliphatic heterocycles. The maximum atomic E-state index is 12.4. The first-order valence-corrected chi connectivity index (χ1v) is 10.4. The molecule has 3 aromatic rings. The molecule has 9 nitrogen and oxygen atoms in total. The number of carbonyl (C=O) groups is 2. The Hall–Kier alpha value is -4.92. The van der Waals surface area contributed by atoms with Crippen LogP contribution in [-0.2, 0) is 9.59 Å². The molecule has 0 heterocycles. The van der Waals surface area contributed by atoms with Crippen molar-refractivity contribution in [3.05, 3.63) is 100 Å². The van der Waals surface area contributed by atoms with Gasteiger partial charge in [0.2, 0.25) is 11.8 Å². The Morgan fingerprint density at radius 2 is 1.26 bits per heavy atom. The molecule has 0 spiro atoms. The summed E-state index contributed by atoms with van der Waals surface area (Å²) < 4.78 is 10.2. The smallest absolute Gasteiger partial charge is 0.292 e. The highest BCUT2D eigenvalue weighted by atomic mass is 16.6. The van der Waals surface area contributed by atoms with Crippen molar-refractivity contribution in [2.75, 3.05) is 24.9 Å². The molecule has 2 amide bonds. The number of hydrogen-bond donors (Lipinski definition) is 2. The van der Waals surface area contributed by atoms with Gasteiger partial charge in [-0.15, -0.1) is 0 Å². The highest BCUT2D eigenvalue weighted by Gasteiger charge is 2.16. The van der Waals surface area contributed by atoms with Crippen LogP contribution in [0.2, 0.25) is 0 Å². The van der Waals surface area contributed by atoms with Crippen LogP contribution in [0.1, 0.15) is 11.1 Å². The second-order valence-corrected chi connectivity index (χ2v) is 7.18. The largest absolute Gasteiger partial charge is 0.497 e. The summed E-state index contributed by atoms with van der Waals surface area (Å²) in [5.41, 5.74) is 1.48. The molecule has 35 heavy (non-hydrogen) atoms. The molecule has 3 aromatic carbocycles. The van der Waals surface area contributed by atoms with Gasteiger partial charge < -0.3 is 20.1 Å². The Bertz CT molecular complexity index is 1270. The van der Waals surface area contributed by atoms with Gasteiger partial charge in [-0.25, -0.2) is 0 Å². The second-order valence-electron chi connectivity index (χ2n) is 7.18. The van der Waals surface area contributed by atoms with E-state index in [2.05, 4.69) is 10.6 Å². The Morgan fingerprint density at radius 3 is 1.71 bits per heavy atom. The van der Waals surface area contributed by atoms with Crippen molar-refractivity contribution >= 4 is 41.0 Å². The Labute approximate surface area is 201 Å². The van der Waals surface area contributed by atoms with Gasteiger partial charge in [0.25, 0.3) is 5.69 Å². The number of benzene rings is 3. The zero-order valence-electron chi connectivity index (χ0n) is 19.1. The number of carbonyl (C=O) groups excluding carboxylic acids is 2. The molecule has 0 fully saturated rings. The van der Waals surface area contributed by atoms with Crippen molar-refractivity contribution in [1.82, 2.24) is 0 Å². The van der Waals surface area contributed by atoms with E-state index < -0.39 is 16.7 Å². The number of ether oxygens (including phenoxy) is 2. The second kappa shape index (κ2) is 11.8. The van der Waals surface area contributed by atoms with Gasteiger partial charge in [-0.2, -0.15) is 0 Å². The molecule has 0 unspecified atom stereocenters. The van der Waals surface area contributed by atoms with Gasteiger partial charge in [-0.3, -0.25) is 19.7 Å². The number of rotatable bonds is 9. The zero-order valence-corrected chi connectivity index (χ0v) is 19.1. The number of nitro groups is 1. The SMILES string of the molecule is COc1ccc(/C=C\C(=O)Nc2cc(NC(=O)/C=C/c3ccc(OC)cc3)ccc2[N+](=O)[O-])cc1. The van der Waals surface area contributed by atoms with Crippen molar-refractivity contribution in [2.24, 2.45) is 0 Å². The first kappa shape index (κ1) is 24.7. The molecular formula is C26H23N3O6. The highest BCUT2D eigenvalue weighted by molar-refractivity contribution is 6.05. The maximum absolute atomic E-state index is 12.4. The van der Waals surface area contributed by atoms with Crippen molar-refractivity contribution in [3.8, 4) is 11.5 Å². The van der Waals surface area contributed by atoms with Gasteiger partial charge in [0.1, 0.15) is 17.2 Å². The first-order chi connectivity index (χ1) is 16.9. The summed E-state index contributed by atoms with van der Waals surface area (Å²) in [7, 11) is 3.12. The van der Waals surface area contributed by atoms with Crippen LogP contribution in [0.15, 0.2) is 78.9 Å². The minimum absolute atomic E-state index is 0.0451. The standard InChI is InChI=1S/C26H23N3O6/c1-34-21-10-3-18(4-11-21)7-15-25(30)27-20-9-14-24(29(32)33)23(17-20)28-26(31)16-8-19-5-12-22(35-2)13-6-19/h3-17H,1-2H3,(H,27,30)(H,28,31)/b15-7+,16-8-. The lowest BCUT2D eigenvalue weighted by atomic mass is 10.2. The quantitative estimate of drug-likeness (QED) is 0.259. The van der Waals surface area contributed by atoms with E-state index in [1.54, 1.807) is 74.9 Å². The monoisotopic (exact) mass is 473 g/mol. The predicted octanol–water partition coefficient (Wildman–Crippen LogP) is 4.92.